The summed E-state index contributed by atoms with van der Waals surface area (Å²) in [4.78, 5) is 21.9. The zero-order valence-electron chi connectivity index (χ0n) is 20.0. The minimum absolute atomic E-state index is 0.0903. The van der Waals surface area contributed by atoms with Crippen molar-refractivity contribution in [2.24, 2.45) is 0 Å². The van der Waals surface area contributed by atoms with Crippen LogP contribution in [0.15, 0.2) is 82.3 Å². The maximum absolute atomic E-state index is 14.6. The predicted octanol–water partition coefficient (Wildman–Crippen LogP) is 7.50. The Morgan fingerprint density at radius 3 is 2.61 bits per heavy atom. The number of hydrogen-bond donors (Lipinski definition) is 1. The lowest BCUT2D eigenvalue weighted by Crippen LogP contribution is -2.13. The summed E-state index contributed by atoms with van der Waals surface area (Å²) in [6, 6.07) is 17.0. The summed E-state index contributed by atoms with van der Waals surface area (Å²) in [5.41, 5.74) is 4.71. The normalized spacial score (nSPS) is 12.0. The van der Waals surface area contributed by atoms with Crippen LogP contribution in [-0.4, -0.2) is 9.97 Å². The zero-order valence-corrected chi connectivity index (χ0v) is 20.7. The first kappa shape index (κ1) is 23.7. The van der Waals surface area contributed by atoms with Crippen molar-refractivity contribution in [2.75, 3.05) is 5.32 Å². The Hall–Kier alpha value is -4.03. The number of anilines is 1. The molecule has 0 saturated heterocycles. The van der Waals surface area contributed by atoms with E-state index in [1.807, 2.05) is 32.0 Å². The van der Waals surface area contributed by atoms with Gasteiger partial charge in [-0.3, -0.25) is 9.78 Å². The highest BCUT2D eigenvalue weighted by atomic mass is 35.5. The predicted molar refractivity (Wildman–Crippen MR) is 142 cm³/mol. The fraction of sp³-hybridized carbons (Fsp3) is 0.138. The van der Waals surface area contributed by atoms with Gasteiger partial charge in [-0.15, -0.1) is 0 Å². The van der Waals surface area contributed by atoms with Crippen LogP contribution in [-0.2, 0) is 0 Å². The number of nitrogens with zero attached hydrogens (tertiary/aromatic N) is 2. The fourth-order valence-electron chi connectivity index (χ4n) is 4.38. The smallest absolute Gasteiger partial charge is 0.196 e. The molecule has 180 valence electrons. The standard InChI is InChI=1S/C29H23ClFN3O2/c1-16-13-21(29-22(14-16)27(35)17(2)28(36-29)19-7-6-12-32-15-19)18(3)33-24-10-11-25(30)34-26(24)20-8-4-5-9-23(20)31/h4-15,18,33H,1-3H3. The molecule has 0 aliphatic heterocycles. The van der Waals surface area contributed by atoms with E-state index in [1.54, 1.807) is 55.7 Å². The average molecular weight is 500 g/mol. The third-order valence-corrected chi connectivity index (χ3v) is 6.35. The summed E-state index contributed by atoms with van der Waals surface area (Å²) in [6.07, 6.45) is 3.35. The highest BCUT2D eigenvalue weighted by Gasteiger charge is 2.20. The van der Waals surface area contributed by atoms with Gasteiger partial charge in [0, 0.05) is 34.6 Å². The molecule has 0 aliphatic rings. The van der Waals surface area contributed by atoms with Gasteiger partial charge in [0.25, 0.3) is 0 Å². The molecular weight excluding hydrogens is 477 g/mol. The third kappa shape index (κ3) is 4.36. The lowest BCUT2D eigenvalue weighted by Gasteiger charge is -2.20. The van der Waals surface area contributed by atoms with Crippen LogP contribution in [0.5, 0.6) is 0 Å². The molecule has 5 aromatic rings. The molecule has 0 amide bonds. The van der Waals surface area contributed by atoms with Crippen molar-refractivity contribution < 1.29 is 8.81 Å². The number of halogens is 2. The second-order valence-corrected chi connectivity index (χ2v) is 9.12. The van der Waals surface area contributed by atoms with E-state index in [0.29, 0.717) is 39.2 Å². The Kier molecular flexibility index (Phi) is 6.29. The number of pyridine rings is 2. The second-order valence-electron chi connectivity index (χ2n) is 8.73. The van der Waals surface area contributed by atoms with E-state index in [-0.39, 0.29) is 16.6 Å². The number of benzene rings is 2. The molecular formula is C29H23ClFN3O2. The first-order valence-corrected chi connectivity index (χ1v) is 11.9. The Balaban J connectivity index is 1.65. The van der Waals surface area contributed by atoms with Crippen LogP contribution in [0, 0.1) is 19.7 Å². The largest absolute Gasteiger partial charge is 0.455 e. The molecule has 36 heavy (non-hydrogen) atoms. The Morgan fingerprint density at radius 2 is 1.86 bits per heavy atom. The van der Waals surface area contributed by atoms with E-state index < -0.39 is 5.82 Å². The van der Waals surface area contributed by atoms with Gasteiger partial charge in [-0.25, -0.2) is 9.37 Å². The average Bonchev–Trinajstić information content (AvgIpc) is 2.88. The van der Waals surface area contributed by atoms with Crippen molar-refractivity contribution in [1.82, 2.24) is 9.97 Å². The van der Waals surface area contributed by atoms with Crippen molar-refractivity contribution in [1.29, 1.82) is 0 Å². The summed E-state index contributed by atoms with van der Waals surface area (Å²) in [6.45, 7) is 5.66. The third-order valence-electron chi connectivity index (χ3n) is 6.14. The quantitative estimate of drug-likeness (QED) is 0.253. The first-order valence-electron chi connectivity index (χ1n) is 11.5. The van der Waals surface area contributed by atoms with Crippen molar-refractivity contribution in [3.8, 4) is 22.6 Å². The highest BCUT2D eigenvalue weighted by Crippen LogP contribution is 2.35. The molecule has 1 atom stereocenters. The van der Waals surface area contributed by atoms with E-state index in [1.165, 1.54) is 6.07 Å². The van der Waals surface area contributed by atoms with Gasteiger partial charge in [0.15, 0.2) is 5.43 Å². The van der Waals surface area contributed by atoms with Crippen molar-refractivity contribution in [3.63, 3.8) is 0 Å². The molecule has 0 saturated carbocycles. The lowest BCUT2D eigenvalue weighted by molar-refractivity contribution is 0.605. The number of fused-ring (bicyclic) bond motifs is 1. The molecule has 0 radical (unpaired) electrons. The van der Waals surface area contributed by atoms with Crippen LogP contribution >= 0.6 is 11.6 Å². The van der Waals surface area contributed by atoms with E-state index in [2.05, 4.69) is 15.3 Å². The molecule has 0 fully saturated rings. The van der Waals surface area contributed by atoms with Gasteiger partial charge in [0.1, 0.15) is 22.3 Å². The van der Waals surface area contributed by atoms with Crippen molar-refractivity contribution >= 4 is 28.3 Å². The van der Waals surface area contributed by atoms with E-state index in [9.17, 15) is 9.18 Å². The van der Waals surface area contributed by atoms with Crippen LogP contribution in [0.4, 0.5) is 10.1 Å². The van der Waals surface area contributed by atoms with Gasteiger partial charge in [-0.1, -0.05) is 29.8 Å². The van der Waals surface area contributed by atoms with Gasteiger partial charge in [0.2, 0.25) is 0 Å². The second kappa shape index (κ2) is 9.55. The molecule has 1 unspecified atom stereocenters. The van der Waals surface area contributed by atoms with E-state index in [0.717, 1.165) is 16.7 Å². The van der Waals surface area contributed by atoms with Gasteiger partial charge < -0.3 is 9.73 Å². The number of hydrogen-bond acceptors (Lipinski definition) is 5. The molecule has 5 rings (SSSR count). The summed E-state index contributed by atoms with van der Waals surface area (Å²) in [7, 11) is 0. The number of aryl methyl sites for hydroxylation is 1. The fourth-order valence-corrected chi connectivity index (χ4v) is 4.53. The van der Waals surface area contributed by atoms with Crippen LogP contribution in [0.3, 0.4) is 0 Å². The van der Waals surface area contributed by atoms with Crippen LogP contribution in [0.1, 0.15) is 29.7 Å². The SMILES string of the molecule is Cc1cc(C(C)Nc2ccc(Cl)nc2-c2ccccc2F)c2oc(-c3cccnc3)c(C)c(=O)c2c1. The number of rotatable bonds is 5. The van der Waals surface area contributed by atoms with Crippen molar-refractivity contribution in [3.05, 3.63) is 111 Å². The number of aromatic nitrogens is 2. The molecule has 1 N–H and O–H groups in total. The van der Waals surface area contributed by atoms with Gasteiger partial charge in [-0.05, 0) is 68.8 Å². The molecule has 3 heterocycles. The summed E-state index contributed by atoms with van der Waals surface area (Å²) in [5.74, 6) is 0.0877. The summed E-state index contributed by atoms with van der Waals surface area (Å²) in [5, 5.41) is 4.20. The van der Waals surface area contributed by atoms with Crippen molar-refractivity contribution in [2.45, 2.75) is 26.8 Å². The minimum atomic E-state index is -0.397. The maximum Gasteiger partial charge on any atom is 0.196 e. The number of nitrogens with one attached hydrogen (secondary N) is 1. The van der Waals surface area contributed by atoms with Gasteiger partial charge in [0.05, 0.1) is 22.8 Å². The highest BCUT2D eigenvalue weighted by molar-refractivity contribution is 6.29. The first-order chi connectivity index (χ1) is 17.3. The summed E-state index contributed by atoms with van der Waals surface area (Å²) >= 11 is 6.16. The molecule has 0 spiro atoms. The molecule has 0 bridgehead atoms. The monoisotopic (exact) mass is 499 g/mol. The summed E-state index contributed by atoms with van der Waals surface area (Å²) < 4.78 is 21.0. The van der Waals surface area contributed by atoms with Crippen LogP contribution in [0.25, 0.3) is 33.6 Å². The van der Waals surface area contributed by atoms with E-state index >= 15 is 0 Å². The van der Waals surface area contributed by atoms with E-state index in [4.69, 9.17) is 16.0 Å². The molecule has 7 heteroatoms. The van der Waals surface area contributed by atoms with Gasteiger partial charge in [-0.2, -0.15) is 0 Å². The van der Waals surface area contributed by atoms with Crippen LogP contribution in [0.2, 0.25) is 5.15 Å². The molecule has 5 nitrogen and oxygen atoms in total. The lowest BCUT2D eigenvalue weighted by atomic mass is 9.98. The molecule has 3 aromatic heterocycles. The molecule has 2 aromatic carbocycles. The minimum Gasteiger partial charge on any atom is -0.455 e. The molecule has 0 aliphatic carbocycles. The zero-order chi connectivity index (χ0) is 25.4. The Morgan fingerprint density at radius 1 is 1.06 bits per heavy atom. The topological polar surface area (TPSA) is 68.0 Å². The Bertz CT molecular complexity index is 1650. The van der Waals surface area contributed by atoms with Gasteiger partial charge >= 0.3 is 0 Å². The Labute approximate surface area is 212 Å². The van der Waals surface area contributed by atoms with Crippen LogP contribution < -0.4 is 10.7 Å². The maximum atomic E-state index is 14.6.